The van der Waals surface area contributed by atoms with Gasteiger partial charge in [0.25, 0.3) is 0 Å². The van der Waals surface area contributed by atoms with Gasteiger partial charge in [0.05, 0.1) is 12.6 Å². The van der Waals surface area contributed by atoms with E-state index in [1.165, 1.54) is 11.3 Å². The molecule has 18 heavy (non-hydrogen) atoms. The summed E-state index contributed by atoms with van der Waals surface area (Å²) in [4.78, 5) is 2.37. The van der Waals surface area contributed by atoms with Crippen LogP contribution in [-0.4, -0.2) is 32.8 Å². The van der Waals surface area contributed by atoms with Gasteiger partial charge >= 0.3 is 0 Å². The molecule has 0 radical (unpaired) electrons. The topological polar surface area (TPSA) is 24.5 Å². The lowest BCUT2D eigenvalue weighted by Gasteiger charge is -2.29. The predicted octanol–water partition coefficient (Wildman–Crippen LogP) is 2.58. The van der Waals surface area contributed by atoms with Crippen LogP contribution in [0.4, 0.5) is 5.69 Å². The molecular weight excluding hydrogens is 224 g/mol. The van der Waals surface area contributed by atoms with E-state index in [4.69, 9.17) is 4.74 Å². The Labute approximate surface area is 110 Å². The Kier molecular flexibility index (Phi) is 4.61. The van der Waals surface area contributed by atoms with Gasteiger partial charge in [-0.1, -0.05) is 25.1 Å². The van der Waals surface area contributed by atoms with E-state index in [9.17, 15) is 0 Å². The number of ether oxygens (including phenoxy) is 1. The molecule has 3 heteroatoms. The van der Waals surface area contributed by atoms with E-state index in [-0.39, 0.29) is 0 Å². The fourth-order valence-electron chi connectivity index (χ4n) is 2.62. The van der Waals surface area contributed by atoms with E-state index < -0.39 is 0 Å². The Hall–Kier alpha value is -1.06. The van der Waals surface area contributed by atoms with Gasteiger partial charge in [0, 0.05) is 25.4 Å². The van der Waals surface area contributed by atoms with Gasteiger partial charge in [-0.3, -0.25) is 0 Å². The molecule has 0 saturated carbocycles. The summed E-state index contributed by atoms with van der Waals surface area (Å²) in [5, 5.41) is 3.49. The number of likely N-dealkylation sites (N-methyl/N-ethyl adjacent to an activating group) is 1. The SMILES string of the molecule is CCNC(C)c1ccccc1N(C)C1CCOC1. The van der Waals surface area contributed by atoms with Crippen LogP contribution in [0, 0.1) is 0 Å². The molecule has 1 aliphatic heterocycles. The van der Waals surface area contributed by atoms with Crippen molar-refractivity contribution in [1.82, 2.24) is 5.32 Å². The van der Waals surface area contributed by atoms with Gasteiger partial charge in [-0.2, -0.15) is 0 Å². The zero-order chi connectivity index (χ0) is 13.0. The molecular formula is C15H24N2O. The first-order valence-electron chi connectivity index (χ1n) is 6.87. The lowest BCUT2D eigenvalue weighted by Crippen LogP contribution is -2.33. The second-order valence-electron chi connectivity index (χ2n) is 4.97. The molecule has 3 nitrogen and oxygen atoms in total. The molecule has 2 rings (SSSR count). The third-order valence-electron chi connectivity index (χ3n) is 3.75. The number of hydrogen-bond acceptors (Lipinski definition) is 3. The average Bonchev–Trinajstić information content (AvgIpc) is 2.92. The fourth-order valence-corrected chi connectivity index (χ4v) is 2.62. The van der Waals surface area contributed by atoms with Crippen molar-refractivity contribution in [2.24, 2.45) is 0 Å². The van der Waals surface area contributed by atoms with Crippen LogP contribution in [0.1, 0.15) is 31.9 Å². The highest BCUT2D eigenvalue weighted by Gasteiger charge is 2.23. The van der Waals surface area contributed by atoms with E-state index in [1.54, 1.807) is 0 Å². The number of hydrogen-bond donors (Lipinski definition) is 1. The molecule has 0 amide bonds. The number of nitrogens with one attached hydrogen (secondary N) is 1. The minimum absolute atomic E-state index is 0.385. The standard InChI is InChI=1S/C15H24N2O/c1-4-16-12(2)14-7-5-6-8-15(14)17(3)13-9-10-18-11-13/h5-8,12-13,16H,4,9-11H2,1-3H3. The fraction of sp³-hybridized carbons (Fsp3) is 0.600. The van der Waals surface area contributed by atoms with Crippen molar-refractivity contribution in [3.63, 3.8) is 0 Å². The highest BCUT2D eigenvalue weighted by Crippen LogP contribution is 2.28. The number of rotatable bonds is 5. The van der Waals surface area contributed by atoms with Crippen molar-refractivity contribution in [1.29, 1.82) is 0 Å². The zero-order valence-corrected chi connectivity index (χ0v) is 11.6. The normalized spacial score (nSPS) is 20.9. The minimum Gasteiger partial charge on any atom is -0.379 e. The molecule has 1 aliphatic rings. The molecule has 0 aromatic heterocycles. The van der Waals surface area contributed by atoms with E-state index in [0.717, 1.165) is 26.2 Å². The highest BCUT2D eigenvalue weighted by molar-refractivity contribution is 5.55. The number of nitrogens with zero attached hydrogens (tertiary/aromatic N) is 1. The van der Waals surface area contributed by atoms with Gasteiger partial charge in [-0.05, 0) is 31.5 Å². The van der Waals surface area contributed by atoms with Crippen LogP contribution in [0.5, 0.6) is 0 Å². The molecule has 1 saturated heterocycles. The lowest BCUT2D eigenvalue weighted by molar-refractivity contribution is 0.193. The summed E-state index contributed by atoms with van der Waals surface area (Å²) < 4.78 is 5.49. The maximum absolute atomic E-state index is 5.49. The van der Waals surface area contributed by atoms with Gasteiger partial charge in [0.2, 0.25) is 0 Å². The average molecular weight is 248 g/mol. The van der Waals surface area contributed by atoms with Crippen LogP contribution in [-0.2, 0) is 4.74 Å². The van der Waals surface area contributed by atoms with Crippen molar-refractivity contribution >= 4 is 5.69 Å². The first-order valence-corrected chi connectivity index (χ1v) is 6.87. The van der Waals surface area contributed by atoms with E-state index in [1.807, 2.05) is 0 Å². The quantitative estimate of drug-likeness (QED) is 0.867. The maximum atomic E-state index is 5.49. The first-order chi connectivity index (χ1) is 8.74. The lowest BCUT2D eigenvalue weighted by atomic mass is 10.0. The second kappa shape index (κ2) is 6.21. The van der Waals surface area contributed by atoms with Crippen LogP contribution in [0.2, 0.25) is 0 Å². The predicted molar refractivity (Wildman–Crippen MR) is 76.2 cm³/mol. The van der Waals surface area contributed by atoms with Crippen molar-refractivity contribution in [2.45, 2.75) is 32.4 Å². The van der Waals surface area contributed by atoms with Gasteiger partial charge < -0.3 is 15.0 Å². The summed E-state index contributed by atoms with van der Waals surface area (Å²) >= 11 is 0. The van der Waals surface area contributed by atoms with E-state index >= 15 is 0 Å². The highest BCUT2D eigenvalue weighted by atomic mass is 16.5. The molecule has 100 valence electrons. The Morgan fingerprint density at radius 1 is 1.44 bits per heavy atom. The molecule has 2 atom stereocenters. The zero-order valence-electron chi connectivity index (χ0n) is 11.6. The molecule has 0 aliphatic carbocycles. The van der Waals surface area contributed by atoms with Crippen molar-refractivity contribution < 1.29 is 4.74 Å². The van der Waals surface area contributed by atoms with Gasteiger partial charge in [-0.25, -0.2) is 0 Å². The third-order valence-corrected chi connectivity index (χ3v) is 3.75. The largest absolute Gasteiger partial charge is 0.379 e. The Bertz CT molecular complexity index is 375. The smallest absolute Gasteiger partial charge is 0.0670 e. The molecule has 1 fully saturated rings. The van der Waals surface area contributed by atoms with E-state index in [0.29, 0.717) is 12.1 Å². The molecule has 1 N–H and O–H groups in total. The summed E-state index contributed by atoms with van der Waals surface area (Å²) in [5.74, 6) is 0. The summed E-state index contributed by atoms with van der Waals surface area (Å²) in [6.45, 7) is 7.10. The van der Waals surface area contributed by atoms with Crippen molar-refractivity contribution in [3.05, 3.63) is 29.8 Å². The summed E-state index contributed by atoms with van der Waals surface area (Å²) in [6.07, 6.45) is 1.13. The van der Waals surface area contributed by atoms with Crippen LogP contribution >= 0.6 is 0 Å². The van der Waals surface area contributed by atoms with Crippen LogP contribution in [0.25, 0.3) is 0 Å². The number of anilines is 1. The van der Waals surface area contributed by atoms with Crippen LogP contribution in [0.3, 0.4) is 0 Å². The summed E-state index contributed by atoms with van der Waals surface area (Å²) in [7, 11) is 2.18. The van der Waals surface area contributed by atoms with Gasteiger partial charge in [-0.15, -0.1) is 0 Å². The monoisotopic (exact) mass is 248 g/mol. The van der Waals surface area contributed by atoms with Gasteiger partial charge in [0.15, 0.2) is 0 Å². The van der Waals surface area contributed by atoms with Crippen LogP contribution in [0.15, 0.2) is 24.3 Å². The van der Waals surface area contributed by atoms with Crippen molar-refractivity contribution in [3.8, 4) is 0 Å². The number of benzene rings is 1. The van der Waals surface area contributed by atoms with Gasteiger partial charge in [0.1, 0.15) is 0 Å². The summed E-state index contributed by atoms with van der Waals surface area (Å²) in [5.41, 5.74) is 2.69. The molecule has 1 aromatic carbocycles. The molecule has 0 spiro atoms. The Balaban J connectivity index is 2.20. The molecule has 2 unspecified atom stereocenters. The number of para-hydroxylation sites is 1. The summed E-state index contributed by atoms with van der Waals surface area (Å²) in [6, 6.07) is 9.56. The Morgan fingerprint density at radius 2 is 2.22 bits per heavy atom. The Morgan fingerprint density at radius 3 is 2.89 bits per heavy atom. The molecule has 1 aromatic rings. The van der Waals surface area contributed by atoms with Crippen molar-refractivity contribution in [2.75, 3.05) is 31.7 Å². The first kappa shape index (κ1) is 13.4. The van der Waals surface area contributed by atoms with E-state index in [2.05, 4.69) is 55.4 Å². The molecule has 1 heterocycles. The third kappa shape index (κ3) is 2.85. The maximum Gasteiger partial charge on any atom is 0.0670 e. The van der Waals surface area contributed by atoms with Crippen LogP contribution < -0.4 is 10.2 Å². The minimum atomic E-state index is 0.385. The molecule has 0 bridgehead atoms. The second-order valence-corrected chi connectivity index (χ2v) is 4.97.